The van der Waals surface area contributed by atoms with Gasteiger partial charge in [0.05, 0.1) is 12.4 Å². The maximum Gasteiger partial charge on any atom is 0.339 e. The Balaban J connectivity index is 1.59. The second-order valence-electron chi connectivity index (χ2n) is 6.40. The van der Waals surface area contributed by atoms with Gasteiger partial charge in [-0.15, -0.1) is 0 Å². The molecule has 4 rings (SSSR count). The average Bonchev–Trinajstić information content (AvgIpc) is 3.42. The highest BCUT2D eigenvalue weighted by molar-refractivity contribution is 5.93. The summed E-state index contributed by atoms with van der Waals surface area (Å²) >= 11 is 0. The number of aromatic nitrogens is 3. The Labute approximate surface area is 143 Å². The number of carboxylic acids is 1. The molecule has 0 unspecified atom stereocenters. The molecule has 0 bridgehead atoms. The summed E-state index contributed by atoms with van der Waals surface area (Å²) in [6.07, 6.45) is 5.71. The average molecular weight is 343 g/mol. The van der Waals surface area contributed by atoms with Crippen molar-refractivity contribution in [1.82, 2.24) is 15.0 Å². The number of anilines is 2. The first-order chi connectivity index (χ1) is 12.1. The van der Waals surface area contributed by atoms with Crippen LogP contribution in [-0.2, 0) is 12.8 Å². The normalized spacial score (nSPS) is 16.9. The molecule has 7 nitrogen and oxygen atoms in total. The Morgan fingerprint density at radius 3 is 2.64 bits per heavy atom. The van der Waals surface area contributed by atoms with Crippen LogP contribution < -0.4 is 10.2 Å². The summed E-state index contributed by atoms with van der Waals surface area (Å²) in [5.74, 6) is -0.504. The number of nitrogens with one attached hydrogen (secondary N) is 1. The number of fused-ring (bicyclic) bond motifs is 1. The van der Waals surface area contributed by atoms with E-state index in [-0.39, 0.29) is 5.56 Å². The predicted molar refractivity (Wildman–Crippen MR) is 89.5 cm³/mol. The highest BCUT2D eigenvalue weighted by Crippen LogP contribution is 2.28. The number of hydrogen-bond acceptors (Lipinski definition) is 6. The van der Waals surface area contributed by atoms with Gasteiger partial charge in [-0.25, -0.2) is 24.1 Å². The van der Waals surface area contributed by atoms with E-state index in [2.05, 4.69) is 20.3 Å². The number of pyridine rings is 1. The lowest BCUT2D eigenvalue weighted by Crippen LogP contribution is -2.27. The molecule has 1 aliphatic heterocycles. The lowest BCUT2D eigenvalue weighted by atomic mass is 10.1. The Kier molecular flexibility index (Phi) is 3.95. The van der Waals surface area contributed by atoms with Crippen LogP contribution in [0.4, 0.5) is 16.2 Å². The van der Waals surface area contributed by atoms with E-state index < -0.39 is 11.8 Å². The van der Waals surface area contributed by atoms with Crippen LogP contribution in [0.3, 0.4) is 0 Å². The molecule has 2 N–H and O–H groups in total. The Bertz CT molecular complexity index is 807. The number of carboxylic acid groups (broad SMARTS) is 1. The highest BCUT2D eigenvalue weighted by Gasteiger charge is 2.26. The third-order valence-corrected chi connectivity index (χ3v) is 4.50. The third kappa shape index (κ3) is 3.38. The summed E-state index contributed by atoms with van der Waals surface area (Å²) in [6, 6.07) is 2.06. The number of rotatable bonds is 4. The van der Waals surface area contributed by atoms with Crippen molar-refractivity contribution in [3.05, 3.63) is 41.1 Å². The topological polar surface area (TPSA) is 91.2 Å². The van der Waals surface area contributed by atoms with Crippen LogP contribution in [0.15, 0.2) is 18.5 Å². The fourth-order valence-electron chi connectivity index (χ4n) is 3.00. The summed E-state index contributed by atoms with van der Waals surface area (Å²) < 4.78 is 13.0. The molecule has 0 spiro atoms. The fourth-order valence-corrected chi connectivity index (χ4v) is 3.00. The molecule has 25 heavy (non-hydrogen) atoms. The second-order valence-corrected chi connectivity index (χ2v) is 6.40. The Hall–Kier alpha value is -2.77. The molecule has 3 heterocycles. The lowest BCUT2D eigenvalue weighted by molar-refractivity contribution is 0.0697. The van der Waals surface area contributed by atoms with Crippen molar-refractivity contribution in [3.8, 4) is 0 Å². The molecule has 130 valence electrons. The van der Waals surface area contributed by atoms with E-state index in [9.17, 15) is 14.3 Å². The zero-order chi connectivity index (χ0) is 17.4. The van der Waals surface area contributed by atoms with Crippen molar-refractivity contribution in [2.24, 2.45) is 0 Å². The zero-order valence-electron chi connectivity index (χ0n) is 13.6. The van der Waals surface area contributed by atoms with Gasteiger partial charge in [0.15, 0.2) is 5.82 Å². The van der Waals surface area contributed by atoms with Crippen LogP contribution in [0, 0.1) is 5.82 Å². The molecule has 0 saturated heterocycles. The lowest BCUT2D eigenvalue weighted by Gasteiger charge is -2.19. The van der Waals surface area contributed by atoms with Crippen molar-refractivity contribution in [3.63, 3.8) is 0 Å². The molecule has 2 aromatic rings. The molecular formula is C17H18FN5O2. The van der Waals surface area contributed by atoms with Gasteiger partial charge in [-0.2, -0.15) is 0 Å². The molecule has 1 fully saturated rings. The number of halogens is 1. The standard InChI is InChI=1S/C17H18FN5O2/c18-11-8-19-17(20-9-11)23-5-3-10-7-13(16(24)25)15(21-12-1-2-12)22-14(10)4-6-23/h7-9,12H,1-6H2,(H,21,22)(H,24,25). The highest BCUT2D eigenvalue weighted by atomic mass is 19.1. The van der Waals surface area contributed by atoms with Crippen molar-refractivity contribution in [2.45, 2.75) is 31.7 Å². The van der Waals surface area contributed by atoms with Crippen LogP contribution in [-0.4, -0.2) is 45.2 Å². The minimum Gasteiger partial charge on any atom is -0.478 e. The van der Waals surface area contributed by atoms with E-state index in [1.165, 1.54) is 0 Å². The van der Waals surface area contributed by atoms with E-state index in [1.807, 2.05) is 4.90 Å². The van der Waals surface area contributed by atoms with Gasteiger partial charge in [-0.05, 0) is 30.9 Å². The van der Waals surface area contributed by atoms with E-state index in [0.717, 1.165) is 36.5 Å². The van der Waals surface area contributed by atoms with Crippen LogP contribution in [0.1, 0.15) is 34.5 Å². The summed E-state index contributed by atoms with van der Waals surface area (Å²) in [5.41, 5.74) is 2.05. The molecule has 2 aliphatic rings. The van der Waals surface area contributed by atoms with E-state index in [4.69, 9.17) is 0 Å². The Morgan fingerprint density at radius 1 is 1.24 bits per heavy atom. The van der Waals surface area contributed by atoms with Crippen LogP contribution in [0.5, 0.6) is 0 Å². The van der Waals surface area contributed by atoms with Gasteiger partial charge in [0, 0.05) is 31.2 Å². The first-order valence-corrected chi connectivity index (χ1v) is 8.35. The summed E-state index contributed by atoms with van der Waals surface area (Å²) in [4.78, 5) is 26.2. The minimum absolute atomic E-state index is 0.220. The first-order valence-electron chi connectivity index (χ1n) is 8.35. The van der Waals surface area contributed by atoms with E-state index in [1.54, 1.807) is 6.07 Å². The molecule has 8 heteroatoms. The molecule has 1 saturated carbocycles. The molecule has 1 aliphatic carbocycles. The van der Waals surface area contributed by atoms with E-state index >= 15 is 0 Å². The fraction of sp³-hybridized carbons (Fsp3) is 0.412. The number of aromatic carboxylic acids is 1. The largest absolute Gasteiger partial charge is 0.478 e. The maximum absolute atomic E-state index is 13.0. The molecule has 0 amide bonds. The van der Waals surface area contributed by atoms with Gasteiger partial charge in [0.25, 0.3) is 0 Å². The molecule has 0 aromatic carbocycles. The van der Waals surface area contributed by atoms with Gasteiger partial charge in [-0.3, -0.25) is 0 Å². The summed E-state index contributed by atoms with van der Waals surface area (Å²) in [7, 11) is 0. The third-order valence-electron chi connectivity index (χ3n) is 4.50. The van der Waals surface area contributed by atoms with Gasteiger partial charge >= 0.3 is 5.97 Å². The first kappa shape index (κ1) is 15.7. The molecule has 0 radical (unpaired) electrons. The minimum atomic E-state index is -0.971. The molecule has 2 aromatic heterocycles. The quantitative estimate of drug-likeness (QED) is 0.876. The summed E-state index contributed by atoms with van der Waals surface area (Å²) in [5, 5.41) is 12.7. The van der Waals surface area contributed by atoms with Crippen molar-refractivity contribution >= 4 is 17.7 Å². The molecular weight excluding hydrogens is 325 g/mol. The SMILES string of the molecule is O=C(O)c1cc2c(nc1NC1CC1)CCN(c1ncc(F)cn1)CC2. The monoisotopic (exact) mass is 343 g/mol. The van der Waals surface area contributed by atoms with Gasteiger partial charge < -0.3 is 15.3 Å². The zero-order valence-corrected chi connectivity index (χ0v) is 13.6. The molecule has 0 atom stereocenters. The number of hydrogen-bond donors (Lipinski definition) is 2. The smallest absolute Gasteiger partial charge is 0.339 e. The van der Waals surface area contributed by atoms with Crippen LogP contribution >= 0.6 is 0 Å². The summed E-state index contributed by atoms with van der Waals surface area (Å²) in [6.45, 7) is 1.29. The number of nitrogens with zero attached hydrogens (tertiary/aromatic N) is 4. The number of carbonyl (C=O) groups is 1. The maximum atomic E-state index is 13.0. The Morgan fingerprint density at radius 2 is 1.96 bits per heavy atom. The van der Waals surface area contributed by atoms with Crippen molar-refractivity contribution < 1.29 is 14.3 Å². The second kappa shape index (κ2) is 6.27. The van der Waals surface area contributed by atoms with Crippen molar-refractivity contribution in [1.29, 1.82) is 0 Å². The van der Waals surface area contributed by atoms with Crippen molar-refractivity contribution in [2.75, 3.05) is 23.3 Å². The van der Waals surface area contributed by atoms with Crippen LogP contribution in [0.2, 0.25) is 0 Å². The van der Waals surface area contributed by atoms with Crippen LogP contribution in [0.25, 0.3) is 0 Å². The predicted octanol–water partition coefficient (Wildman–Crippen LogP) is 1.89. The van der Waals surface area contributed by atoms with Gasteiger partial charge in [-0.1, -0.05) is 0 Å². The van der Waals surface area contributed by atoms with E-state index in [0.29, 0.717) is 43.7 Å². The van der Waals surface area contributed by atoms with Gasteiger partial charge in [0.2, 0.25) is 5.95 Å². The van der Waals surface area contributed by atoms with Gasteiger partial charge in [0.1, 0.15) is 11.4 Å².